The van der Waals surface area contributed by atoms with Crippen LogP contribution in [0.25, 0.3) is 11.0 Å². The van der Waals surface area contributed by atoms with Gasteiger partial charge in [-0.2, -0.15) is 5.10 Å². The fraction of sp³-hybridized carbons (Fsp3) is 0.130. The summed E-state index contributed by atoms with van der Waals surface area (Å²) in [5.41, 5.74) is 4.28. The van der Waals surface area contributed by atoms with Gasteiger partial charge in [-0.3, -0.25) is 14.8 Å². The predicted molar refractivity (Wildman–Crippen MR) is 111 cm³/mol. The minimum atomic E-state index is -0.284. The van der Waals surface area contributed by atoms with E-state index < -0.39 is 0 Å². The van der Waals surface area contributed by atoms with Crippen LogP contribution >= 0.6 is 0 Å². The molecule has 2 aromatic carbocycles. The highest BCUT2D eigenvalue weighted by Gasteiger charge is 2.35. The first-order valence-corrected chi connectivity index (χ1v) is 9.52. The summed E-state index contributed by atoms with van der Waals surface area (Å²) >= 11 is 0. The van der Waals surface area contributed by atoms with Crippen LogP contribution in [0.1, 0.15) is 34.1 Å². The van der Waals surface area contributed by atoms with Gasteiger partial charge in [-0.05, 0) is 59.7 Å². The summed E-state index contributed by atoms with van der Waals surface area (Å²) < 4.78 is 10.6. The molecule has 0 saturated heterocycles. The highest BCUT2D eigenvalue weighted by Crippen LogP contribution is 2.35. The first-order valence-electron chi connectivity index (χ1n) is 9.52. The fourth-order valence-corrected chi connectivity index (χ4v) is 3.62. The van der Waals surface area contributed by atoms with Gasteiger partial charge in [0.05, 0.1) is 36.2 Å². The number of hydrogen-bond acceptors (Lipinski definition) is 6. The third kappa shape index (κ3) is 3.20. The molecule has 0 fully saturated rings. The molecule has 5 rings (SSSR count). The van der Waals surface area contributed by atoms with Crippen molar-refractivity contribution >= 4 is 22.7 Å². The number of fused-ring (bicyclic) bond motifs is 1. The van der Waals surface area contributed by atoms with E-state index in [9.17, 15) is 4.79 Å². The van der Waals surface area contributed by atoms with Crippen LogP contribution in [0.5, 0.6) is 5.75 Å². The number of carbonyl (C=O) groups excluding carboxylic acids is 1. The maximum atomic E-state index is 13.1. The third-order valence-corrected chi connectivity index (χ3v) is 5.15. The molecule has 0 radical (unpaired) electrons. The van der Waals surface area contributed by atoms with Crippen LogP contribution < -0.4 is 4.74 Å². The second-order valence-corrected chi connectivity index (χ2v) is 6.93. The molecule has 0 aliphatic carbocycles. The number of furan rings is 1. The van der Waals surface area contributed by atoms with Crippen molar-refractivity contribution in [3.63, 3.8) is 0 Å². The van der Waals surface area contributed by atoms with Gasteiger partial charge >= 0.3 is 5.91 Å². The number of hydrazone groups is 1. The van der Waals surface area contributed by atoms with Gasteiger partial charge in [-0.15, -0.1) is 0 Å². The Bertz CT molecular complexity index is 1230. The first kappa shape index (κ1) is 18.1. The second-order valence-electron chi connectivity index (χ2n) is 6.93. The van der Waals surface area contributed by atoms with Gasteiger partial charge in [0.25, 0.3) is 0 Å². The number of rotatable bonds is 4. The second kappa shape index (κ2) is 7.44. The van der Waals surface area contributed by atoms with Gasteiger partial charge in [-0.1, -0.05) is 6.07 Å². The molecule has 1 atom stereocenters. The number of aromatic nitrogens is 2. The summed E-state index contributed by atoms with van der Waals surface area (Å²) in [6, 6.07) is 16.6. The zero-order valence-corrected chi connectivity index (χ0v) is 16.2. The van der Waals surface area contributed by atoms with Crippen LogP contribution in [0.4, 0.5) is 0 Å². The number of carbonyl (C=O) groups is 1. The SMILES string of the molecule is COc1ccc(C2=NN(C(=O)c3ccco3)C(c3ccc4nccnc4c3)C2)cc1. The third-order valence-electron chi connectivity index (χ3n) is 5.15. The van der Waals surface area contributed by atoms with E-state index in [4.69, 9.17) is 9.15 Å². The Labute approximate surface area is 172 Å². The molecule has 0 bridgehead atoms. The van der Waals surface area contributed by atoms with E-state index in [-0.39, 0.29) is 17.7 Å². The molecule has 30 heavy (non-hydrogen) atoms. The summed E-state index contributed by atoms with van der Waals surface area (Å²) in [6.07, 6.45) is 5.38. The minimum Gasteiger partial charge on any atom is -0.497 e. The number of benzene rings is 2. The topological polar surface area (TPSA) is 80.8 Å². The molecule has 0 N–H and O–H groups in total. The van der Waals surface area contributed by atoms with E-state index in [1.807, 2.05) is 42.5 Å². The maximum absolute atomic E-state index is 13.1. The number of methoxy groups -OCH3 is 1. The van der Waals surface area contributed by atoms with Crippen molar-refractivity contribution in [3.05, 3.63) is 90.1 Å². The Kier molecular flexibility index (Phi) is 4.48. The maximum Gasteiger partial charge on any atom is 0.310 e. The Hall–Kier alpha value is -4.00. The lowest BCUT2D eigenvalue weighted by molar-refractivity contribution is 0.0678. The standard InChI is InChI=1S/C23H18N4O3/c1-29-17-7-4-15(5-8-17)19-14-21(27(26-19)23(28)22-3-2-12-30-22)16-6-9-18-20(13-16)25-11-10-24-18/h2-13,21H,14H2,1H3. The number of ether oxygens (including phenoxy) is 1. The summed E-state index contributed by atoms with van der Waals surface area (Å²) in [5, 5.41) is 6.17. The molecule has 4 aromatic rings. The molecule has 1 amide bonds. The molecular formula is C23H18N4O3. The summed E-state index contributed by atoms with van der Waals surface area (Å²) in [5.74, 6) is 0.735. The highest BCUT2D eigenvalue weighted by atomic mass is 16.5. The largest absolute Gasteiger partial charge is 0.497 e. The van der Waals surface area contributed by atoms with Crippen molar-refractivity contribution in [2.45, 2.75) is 12.5 Å². The van der Waals surface area contributed by atoms with Gasteiger partial charge in [0.2, 0.25) is 0 Å². The van der Waals surface area contributed by atoms with Crippen LogP contribution in [0.2, 0.25) is 0 Å². The average molecular weight is 398 g/mol. The molecule has 148 valence electrons. The predicted octanol–water partition coefficient (Wildman–Crippen LogP) is 4.22. The van der Waals surface area contributed by atoms with Crippen molar-refractivity contribution in [1.29, 1.82) is 0 Å². The molecular weight excluding hydrogens is 380 g/mol. The fourth-order valence-electron chi connectivity index (χ4n) is 3.62. The van der Waals surface area contributed by atoms with Gasteiger partial charge in [0, 0.05) is 18.8 Å². The van der Waals surface area contributed by atoms with Gasteiger partial charge < -0.3 is 9.15 Å². The monoisotopic (exact) mass is 398 g/mol. The van der Waals surface area contributed by atoms with E-state index in [0.717, 1.165) is 33.6 Å². The van der Waals surface area contributed by atoms with E-state index in [2.05, 4.69) is 15.1 Å². The zero-order chi connectivity index (χ0) is 20.5. The normalized spacial score (nSPS) is 16.0. The number of nitrogens with zero attached hydrogens (tertiary/aromatic N) is 4. The zero-order valence-electron chi connectivity index (χ0n) is 16.2. The van der Waals surface area contributed by atoms with E-state index in [0.29, 0.717) is 6.42 Å². The number of amides is 1. The van der Waals surface area contributed by atoms with Crippen LogP contribution in [0.3, 0.4) is 0 Å². The minimum absolute atomic E-state index is 0.250. The molecule has 1 aliphatic rings. The van der Waals surface area contributed by atoms with Crippen molar-refractivity contribution in [2.75, 3.05) is 7.11 Å². The molecule has 7 heteroatoms. The first-order chi connectivity index (χ1) is 14.7. The van der Waals surface area contributed by atoms with Crippen molar-refractivity contribution in [2.24, 2.45) is 5.10 Å². The van der Waals surface area contributed by atoms with Crippen LogP contribution in [0.15, 0.2) is 82.8 Å². The van der Waals surface area contributed by atoms with Crippen LogP contribution in [0, 0.1) is 0 Å². The summed E-state index contributed by atoms with van der Waals surface area (Å²) in [6.45, 7) is 0. The van der Waals surface area contributed by atoms with Crippen LogP contribution in [-0.2, 0) is 0 Å². The molecule has 1 aliphatic heterocycles. The van der Waals surface area contributed by atoms with E-state index in [1.165, 1.54) is 11.3 Å². The summed E-state index contributed by atoms with van der Waals surface area (Å²) in [7, 11) is 1.63. The number of hydrogen-bond donors (Lipinski definition) is 0. The molecule has 1 unspecified atom stereocenters. The quantitative estimate of drug-likeness (QED) is 0.514. The summed E-state index contributed by atoms with van der Waals surface area (Å²) in [4.78, 5) is 21.8. The molecule has 2 aromatic heterocycles. The Morgan fingerprint density at radius 2 is 1.87 bits per heavy atom. The van der Waals surface area contributed by atoms with Gasteiger partial charge in [0.1, 0.15) is 5.75 Å². The molecule has 0 saturated carbocycles. The van der Waals surface area contributed by atoms with Crippen molar-refractivity contribution < 1.29 is 13.9 Å². The Morgan fingerprint density at radius 3 is 2.60 bits per heavy atom. The highest BCUT2D eigenvalue weighted by molar-refractivity contribution is 6.04. The van der Waals surface area contributed by atoms with E-state index >= 15 is 0 Å². The smallest absolute Gasteiger partial charge is 0.310 e. The lowest BCUT2D eigenvalue weighted by atomic mass is 9.98. The Balaban J connectivity index is 1.54. The molecule has 3 heterocycles. The lowest BCUT2D eigenvalue weighted by Crippen LogP contribution is -2.26. The average Bonchev–Trinajstić information content (AvgIpc) is 3.49. The van der Waals surface area contributed by atoms with E-state index in [1.54, 1.807) is 31.6 Å². The van der Waals surface area contributed by atoms with Gasteiger partial charge in [-0.25, -0.2) is 5.01 Å². The molecule has 7 nitrogen and oxygen atoms in total. The molecule has 0 spiro atoms. The van der Waals surface area contributed by atoms with Crippen LogP contribution in [-0.4, -0.2) is 33.7 Å². The van der Waals surface area contributed by atoms with Crippen molar-refractivity contribution in [1.82, 2.24) is 15.0 Å². The Morgan fingerprint density at radius 1 is 1.07 bits per heavy atom. The lowest BCUT2D eigenvalue weighted by Gasteiger charge is -2.21. The van der Waals surface area contributed by atoms with Gasteiger partial charge in [0.15, 0.2) is 5.76 Å². The van der Waals surface area contributed by atoms with Crippen molar-refractivity contribution in [3.8, 4) is 5.75 Å².